The normalized spacial score (nSPS) is 16.4. The molecule has 0 atom stereocenters. The lowest BCUT2D eigenvalue weighted by Gasteiger charge is -2.34. The summed E-state index contributed by atoms with van der Waals surface area (Å²) in [6.45, 7) is 9.89. The third kappa shape index (κ3) is 6.29. The van der Waals surface area contributed by atoms with Crippen molar-refractivity contribution in [1.82, 2.24) is 14.5 Å². The molecule has 1 aliphatic rings. The zero-order valence-electron chi connectivity index (χ0n) is 17.5. The fourth-order valence-electron chi connectivity index (χ4n) is 3.64. The van der Waals surface area contributed by atoms with Crippen LogP contribution in [0.5, 0.6) is 0 Å². The van der Waals surface area contributed by atoms with Crippen molar-refractivity contribution in [2.75, 3.05) is 39.3 Å². The number of hydrogen-bond acceptors (Lipinski definition) is 4. The van der Waals surface area contributed by atoms with E-state index in [1.807, 2.05) is 19.1 Å². The Morgan fingerprint density at radius 1 is 1.04 bits per heavy atom. The van der Waals surface area contributed by atoms with Crippen molar-refractivity contribution in [3.63, 3.8) is 0 Å². The van der Waals surface area contributed by atoms with Crippen molar-refractivity contribution >= 4 is 15.9 Å². The van der Waals surface area contributed by atoms with Crippen molar-refractivity contribution in [2.45, 2.75) is 51.3 Å². The number of carbonyl (C=O) groups excluding carboxylic acids is 1. The Labute approximate surface area is 170 Å². The number of hydrogen-bond donors (Lipinski definition) is 1. The zero-order valence-corrected chi connectivity index (χ0v) is 18.3. The molecule has 0 spiro atoms. The van der Waals surface area contributed by atoms with E-state index in [-0.39, 0.29) is 11.8 Å². The van der Waals surface area contributed by atoms with Crippen molar-refractivity contribution in [2.24, 2.45) is 5.92 Å². The first kappa shape index (κ1) is 22.8. The molecule has 1 aromatic rings. The lowest BCUT2D eigenvalue weighted by atomic mass is 9.97. The van der Waals surface area contributed by atoms with Gasteiger partial charge in [0.15, 0.2) is 0 Å². The number of aryl methyl sites for hydroxylation is 1. The van der Waals surface area contributed by atoms with Gasteiger partial charge in [-0.25, -0.2) is 8.42 Å². The SMILES string of the molecule is CCCC(CCC)C(=O)NCCN1CCN(S(=O)(=O)c2ccc(C)cc2)CC1. The van der Waals surface area contributed by atoms with Crippen LogP contribution < -0.4 is 5.32 Å². The van der Waals surface area contributed by atoms with Crippen LogP contribution in [-0.4, -0.2) is 62.8 Å². The van der Waals surface area contributed by atoms with E-state index < -0.39 is 10.0 Å². The number of carbonyl (C=O) groups is 1. The first-order valence-electron chi connectivity index (χ1n) is 10.4. The van der Waals surface area contributed by atoms with Crippen molar-refractivity contribution in [3.8, 4) is 0 Å². The van der Waals surface area contributed by atoms with Gasteiger partial charge in [0.25, 0.3) is 0 Å². The van der Waals surface area contributed by atoms with E-state index in [4.69, 9.17) is 0 Å². The Morgan fingerprint density at radius 2 is 1.61 bits per heavy atom. The van der Waals surface area contributed by atoms with Gasteiger partial charge in [-0.3, -0.25) is 9.69 Å². The minimum atomic E-state index is -3.42. The number of nitrogens with zero attached hydrogens (tertiary/aromatic N) is 2. The summed E-state index contributed by atoms with van der Waals surface area (Å²) in [5.41, 5.74) is 1.05. The Balaban J connectivity index is 1.77. The fourth-order valence-corrected chi connectivity index (χ4v) is 5.06. The fraction of sp³-hybridized carbons (Fsp3) is 0.667. The summed E-state index contributed by atoms with van der Waals surface area (Å²) in [5.74, 6) is 0.274. The molecule has 1 aliphatic heterocycles. The minimum Gasteiger partial charge on any atom is -0.355 e. The molecule has 1 amide bonds. The van der Waals surface area contributed by atoms with Crippen LogP contribution in [0.1, 0.15) is 45.1 Å². The minimum absolute atomic E-state index is 0.117. The molecule has 1 aromatic carbocycles. The maximum absolute atomic E-state index is 12.8. The third-order valence-corrected chi connectivity index (χ3v) is 7.28. The molecule has 0 aliphatic carbocycles. The van der Waals surface area contributed by atoms with Gasteiger partial charge in [-0.15, -0.1) is 0 Å². The van der Waals surface area contributed by atoms with Gasteiger partial charge in [-0.05, 0) is 31.9 Å². The van der Waals surface area contributed by atoms with Crippen LogP contribution in [0.25, 0.3) is 0 Å². The Hall–Kier alpha value is -1.44. The maximum Gasteiger partial charge on any atom is 0.243 e. The van der Waals surface area contributed by atoms with Gasteiger partial charge >= 0.3 is 0 Å². The number of piperazine rings is 1. The summed E-state index contributed by atoms with van der Waals surface area (Å²) >= 11 is 0. The summed E-state index contributed by atoms with van der Waals surface area (Å²) in [6, 6.07) is 7.01. The Kier molecular flexibility index (Phi) is 8.92. The van der Waals surface area contributed by atoms with E-state index in [9.17, 15) is 13.2 Å². The molecular weight excluding hydrogens is 374 g/mol. The summed E-state index contributed by atoms with van der Waals surface area (Å²) < 4.78 is 27.1. The van der Waals surface area contributed by atoms with E-state index in [1.54, 1.807) is 16.4 Å². The molecule has 1 heterocycles. The van der Waals surface area contributed by atoms with E-state index in [2.05, 4.69) is 24.1 Å². The number of amides is 1. The van der Waals surface area contributed by atoms with Gasteiger partial charge < -0.3 is 5.32 Å². The van der Waals surface area contributed by atoms with Crippen molar-refractivity contribution in [3.05, 3.63) is 29.8 Å². The predicted molar refractivity (Wildman–Crippen MR) is 113 cm³/mol. The van der Waals surface area contributed by atoms with Crippen LogP contribution in [0.2, 0.25) is 0 Å². The van der Waals surface area contributed by atoms with Crippen LogP contribution in [0.4, 0.5) is 0 Å². The monoisotopic (exact) mass is 409 g/mol. The largest absolute Gasteiger partial charge is 0.355 e. The molecule has 6 nitrogen and oxygen atoms in total. The van der Waals surface area contributed by atoms with Gasteiger partial charge in [0.2, 0.25) is 15.9 Å². The summed E-state index contributed by atoms with van der Waals surface area (Å²) in [7, 11) is -3.42. The smallest absolute Gasteiger partial charge is 0.243 e. The molecule has 1 N–H and O–H groups in total. The van der Waals surface area contributed by atoms with Crippen molar-refractivity contribution in [1.29, 1.82) is 0 Å². The highest BCUT2D eigenvalue weighted by atomic mass is 32.2. The Morgan fingerprint density at radius 3 is 2.14 bits per heavy atom. The lowest BCUT2D eigenvalue weighted by Crippen LogP contribution is -2.50. The summed E-state index contributed by atoms with van der Waals surface area (Å²) in [5, 5.41) is 3.06. The molecular formula is C21H35N3O3S. The van der Waals surface area contributed by atoms with Crippen LogP contribution in [0, 0.1) is 12.8 Å². The van der Waals surface area contributed by atoms with Gasteiger partial charge in [-0.1, -0.05) is 44.4 Å². The van der Waals surface area contributed by atoms with Crippen LogP contribution in [0.3, 0.4) is 0 Å². The molecule has 0 saturated carbocycles. The number of nitrogens with one attached hydrogen (secondary N) is 1. The van der Waals surface area contributed by atoms with Crippen molar-refractivity contribution < 1.29 is 13.2 Å². The van der Waals surface area contributed by atoms with E-state index in [0.29, 0.717) is 37.6 Å². The van der Waals surface area contributed by atoms with Gasteiger partial charge in [0.05, 0.1) is 4.90 Å². The van der Waals surface area contributed by atoms with E-state index >= 15 is 0 Å². The number of rotatable bonds is 10. The topological polar surface area (TPSA) is 69.7 Å². The van der Waals surface area contributed by atoms with E-state index in [0.717, 1.165) is 37.8 Å². The highest BCUT2D eigenvalue weighted by Gasteiger charge is 2.28. The zero-order chi connectivity index (χ0) is 20.6. The molecule has 7 heteroatoms. The molecule has 0 aromatic heterocycles. The summed E-state index contributed by atoms with van der Waals surface area (Å²) in [6.07, 6.45) is 3.93. The second-order valence-electron chi connectivity index (χ2n) is 7.62. The molecule has 2 rings (SSSR count). The Bertz CT molecular complexity index is 705. The maximum atomic E-state index is 12.8. The average Bonchev–Trinajstić information content (AvgIpc) is 2.68. The van der Waals surface area contributed by atoms with Gasteiger partial charge in [0.1, 0.15) is 0 Å². The standard InChI is InChI=1S/C21H35N3O3S/c1-4-6-19(7-5-2)21(25)22-12-13-23-14-16-24(17-15-23)28(26,27)20-10-8-18(3)9-11-20/h8-11,19H,4-7,12-17H2,1-3H3,(H,22,25). The lowest BCUT2D eigenvalue weighted by molar-refractivity contribution is -0.125. The van der Waals surface area contributed by atoms with Gasteiger partial charge in [-0.2, -0.15) is 4.31 Å². The highest BCUT2D eigenvalue weighted by molar-refractivity contribution is 7.89. The molecule has 0 radical (unpaired) electrons. The third-order valence-electron chi connectivity index (χ3n) is 5.36. The first-order valence-corrected chi connectivity index (χ1v) is 11.9. The van der Waals surface area contributed by atoms with Crippen LogP contribution in [-0.2, 0) is 14.8 Å². The number of sulfonamides is 1. The van der Waals surface area contributed by atoms with Gasteiger partial charge in [0, 0.05) is 45.2 Å². The quantitative estimate of drug-likeness (QED) is 0.645. The second-order valence-corrected chi connectivity index (χ2v) is 9.56. The second kappa shape index (κ2) is 10.9. The van der Waals surface area contributed by atoms with E-state index in [1.165, 1.54) is 0 Å². The first-order chi connectivity index (χ1) is 13.4. The van der Waals surface area contributed by atoms with Crippen LogP contribution >= 0.6 is 0 Å². The summed E-state index contributed by atoms with van der Waals surface area (Å²) in [4.78, 5) is 14.9. The molecule has 0 unspecified atom stereocenters. The molecule has 0 bridgehead atoms. The molecule has 1 fully saturated rings. The average molecular weight is 410 g/mol. The highest BCUT2D eigenvalue weighted by Crippen LogP contribution is 2.18. The molecule has 28 heavy (non-hydrogen) atoms. The molecule has 1 saturated heterocycles. The predicted octanol–water partition coefficient (Wildman–Crippen LogP) is 2.63. The van der Waals surface area contributed by atoms with Crippen LogP contribution in [0.15, 0.2) is 29.2 Å². The number of benzene rings is 1. The molecule has 158 valence electrons.